The summed E-state index contributed by atoms with van der Waals surface area (Å²) in [7, 11) is -3.66. The van der Waals surface area contributed by atoms with Crippen molar-refractivity contribution in [2.24, 2.45) is 5.92 Å². The molecule has 11 heteroatoms. The Bertz CT molecular complexity index is 972. The van der Waals surface area contributed by atoms with Crippen LogP contribution in [0, 0.1) is 5.92 Å². The van der Waals surface area contributed by atoms with Crippen LogP contribution in [0.3, 0.4) is 0 Å². The zero-order chi connectivity index (χ0) is 27.6. The molecular weight excluding hydrogens is 532 g/mol. The fraction of sp³-hybridized carbons (Fsp3) is 0.704. The summed E-state index contributed by atoms with van der Waals surface area (Å²) in [6.07, 6.45) is 4.49. The molecule has 2 unspecified atom stereocenters. The van der Waals surface area contributed by atoms with Gasteiger partial charge in [0, 0.05) is 13.1 Å². The standard InChI is InChI=1S/C27H44N2O7S.ClH/c1-6-8-18-37(33,34)28-23(25(30)31)19-20-10-12-22(13-11-20)35-24(9-7-2)21-14-16-29(17-15-21)26(32)36-27(3,4)5;/h10-13,21,23-24,28H,6-9,14-19H2,1-5H3,(H,30,31);1H. The minimum absolute atomic E-state index is 0. The summed E-state index contributed by atoms with van der Waals surface area (Å²) in [6, 6.07) is 5.94. The number of hydrogen-bond acceptors (Lipinski definition) is 6. The third-order valence-corrected chi connectivity index (χ3v) is 7.80. The van der Waals surface area contributed by atoms with Gasteiger partial charge in [-0.3, -0.25) is 4.79 Å². The van der Waals surface area contributed by atoms with Crippen molar-refractivity contribution in [3.05, 3.63) is 29.8 Å². The summed E-state index contributed by atoms with van der Waals surface area (Å²) < 4.78 is 38.5. The lowest BCUT2D eigenvalue weighted by Gasteiger charge is -2.36. The number of ether oxygens (including phenoxy) is 2. The largest absolute Gasteiger partial charge is 0.490 e. The first-order chi connectivity index (χ1) is 17.3. The van der Waals surface area contributed by atoms with Gasteiger partial charge < -0.3 is 19.5 Å². The van der Waals surface area contributed by atoms with Gasteiger partial charge in [-0.1, -0.05) is 38.8 Å². The maximum Gasteiger partial charge on any atom is 0.410 e. The molecule has 1 aromatic carbocycles. The number of hydrogen-bond donors (Lipinski definition) is 2. The first kappa shape index (κ1) is 34.0. The highest BCUT2D eigenvalue weighted by Gasteiger charge is 2.31. The van der Waals surface area contributed by atoms with E-state index in [2.05, 4.69) is 11.6 Å². The molecule has 1 fully saturated rings. The Balaban J connectivity index is 0.00000722. The van der Waals surface area contributed by atoms with E-state index >= 15 is 0 Å². The van der Waals surface area contributed by atoms with E-state index in [9.17, 15) is 23.1 Å². The van der Waals surface area contributed by atoms with Crippen LogP contribution < -0.4 is 9.46 Å². The second-order valence-electron chi connectivity index (χ2n) is 10.8. The maximum atomic E-state index is 12.4. The third kappa shape index (κ3) is 11.8. The van der Waals surface area contributed by atoms with Crippen molar-refractivity contribution in [3.8, 4) is 5.75 Å². The van der Waals surface area contributed by atoms with Crippen LogP contribution in [0.2, 0.25) is 0 Å². The summed E-state index contributed by atoms with van der Waals surface area (Å²) >= 11 is 0. The average Bonchev–Trinajstić information content (AvgIpc) is 2.82. The molecule has 0 radical (unpaired) electrons. The predicted molar refractivity (Wildman–Crippen MR) is 151 cm³/mol. The average molecular weight is 577 g/mol. The Hall–Kier alpha value is -2.04. The molecule has 9 nitrogen and oxygen atoms in total. The van der Waals surface area contributed by atoms with Crippen molar-refractivity contribution in [3.63, 3.8) is 0 Å². The second kappa shape index (κ2) is 15.5. The number of amides is 1. The number of likely N-dealkylation sites (tertiary alicyclic amines) is 1. The summed E-state index contributed by atoms with van der Waals surface area (Å²) in [5, 5.41) is 9.52. The quantitative estimate of drug-likeness (QED) is 0.338. The van der Waals surface area contributed by atoms with E-state index in [1.54, 1.807) is 29.2 Å². The van der Waals surface area contributed by atoms with Crippen LogP contribution in [-0.4, -0.2) is 67.1 Å². The van der Waals surface area contributed by atoms with Gasteiger partial charge in [0.05, 0.1) is 5.75 Å². The van der Waals surface area contributed by atoms with Gasteiger partial charge in [0.2, 0.25) is 10.0 Å². The molecule has 2 N–H and O–H groups in total. The molecule has 218 valence electrons. The SMILES string of the molecule is CCCCS(=O)(=O)NC(Cc1ccc(OC(CCC)C2CCN(C(=O)OC(C)(C)C)CC2)cc1)C(=O)O.Cl. The van der Waals surface area contributed by atoms with E-state index in [1.807, 2.05) is 27.7 Å². The number of benzene rings is 1. The zero-order valence-electron chi connectivity index (χ0n) is 23.3. The van der Waals surface area contributed by atoms with Crippen molar-refractivity contribution >= 4 is 34.5 Å². The number of carbonyl (C=O) groups is 2. The van der Waals surface area contributed by atoms with Crippen molar-refractivity contribution in [1.82, 2.24) is 9.62 Å². The number of rotatable bonds is 13. The van der Waals surface area contributed by atoms with Gasteiger partial charge in [-0.05, 0) is 76.5 Å². The minimum Gasteiger partial charge on any atom is -0.490 e. The molecule has 1 aliphatic heterocycles. The van der Waals surface area contributed by atoms with Gasteiger partial charge in [-0.2, -0.15) is 0 Å². The molecular formula is C27H45ClN2O7S. The van der Waals surface area contributed by atoms with Gasteiger partial charge >= 0.3 is 12.1 Å². The number of piperidine rings is 1. The third-order valence-electron chi connectivity index (χ3n) is 6.33. The van der Waals surface area contributed by atoms with Crippen LogP contribution in [0.5, 0.6) is 5.75 Å². The lowest BCUT2D eigenvalue weighted by atomic mass is 9.89. The Kier molecular flexibility index (Phi) is 13.9. The molecule has 0 aromatic heterocycles. The van der Waals surface area contributed by atoms with E-state index in [0.717, 1.165) is 25.7 Å². The van der Waals surface area contributed by atoms with Gasteiger partial charge in [0.25, 0.3) is 0 Å². The molecule has 1 aliphatic rings. The fourth-order valence-electron chi connectivity index (χ4n) is 4.36. The monoisotopic (exact) mass is 576 g/mol. The normalized spacial score (nSPS) is 16.3. The van der Waals surface area contributed by atoms with E-state index in [0.29, 0.717) is 43.2 Å². The molecule has 2 rings (SSSR count). The van der Waals surface area contributed by atoms with Crippen molar-refractivity contribution in [1.29, 1.82) is 0 Å². The van der Waals surface area contributed by atoms with E-state index in [4.69, 9.17) is 9.47 Å². The van der Waals surface area contributed by atoms with Gasteiger partial charge in [-0.15, -0.1) is 12.4 Å². The van der Waals surface area contributed by atoms with Crippen LogP contribution in [-0.2, 0) is 26.0 Å². The fourth-order valence-corrected chi connectivity index (χ4v) is 5.76. The topological polar surface area (TPSA) is 122 Å². The highest BCUT2D eigenvalue weighted by Crippen LogP contribution is 2.28. The summed E-state index contributed by atoms with van der Waals surface area (Å²) in [5.74, 6) is -0.296. The first-order valence-corrected chi connectivity index (χ1v) is 14.9. The van der Waals surface area contributed by atoms with Crippen molar-refractivity contribution in [2.45, 2.75) is 97.3 Å². The Morgan fingerprint density at radius 1 is 1.11 bits per heavy atom. The van der Waals surface area contributed by atoms with Gasteiger partial charge in [0.1, 0.15) is 23.5 Å². The molecule has 1 heterocycles. The summed E-state index contributed by atoms with van der Waals surface area (Å²) in [4.78, 5) is 25.8. The molecule has 2 atom stereocenters. The maximum absolute atomic E-state index is 12.4. The van der Waals surface area contributed by atoms with Crippen LogP contribution in [0.15, 0.2) is 24.3 Å². The van der Waals surface area contributed by atoms with E-state index in [1.165, 1.54) is 0 Å². The number of carboxylic acid groups (broad SMARTS) is 1. The molecule has 1 amide bonds. The highest BCUT2D eigenvalue weighted by atomic mass is 35.5. The van der Waals surface area contributed by atoms with Crippen molar-refractivity contribution < 1.29 is 32.6 Å². The summed E-state index contributed by atoms with van der Waals surface area (Å²) in [6.45, 7) is 10.8. The predicted octanol–water partition coefficient (Wildman–Crippen LogP) is 5.02. The molecule has 0 saturated carbocycles. The second-order valence-corrected chi connectivity index (χ2v) is 12.7. The van der Waals surface area contributed by atoms with Gasteiger partial charge in [0.15, 0.2) is 0 Å². The Morgan fingerprint density at radius 2 is 1.71 bits per heavy atom. The number of sulfonamides is 1. The molecule has 0 spiro atoms. The molecule has 0 aliphatic carbocycles. The van der Waals surface area contributed by atoms with Crippen LogP contribution >= 0.6 is 12.4 Å². The van der Waals surface area contributed by atoms with E-state index < -0.39 is 27.6 Å². The number of halogens is 1. The van der Waals surface area contributed by atoms with Gasteiger partial charge in [-0.25, -0.2) is 17.9 Å². The minimum atomic E-state index is -3.66. The number of carboxylic acids is 1. The number of aliphatic carboxylic acids is 1. The summed E-state index contributed by atoms with van der Waals surface area (Å²) in [5.41, 5.74) is 0.188. The van der Waals surface area contributed by atoms with Crippen LogP contribution in [0.4, 0.5) is 4.79 Å². The van der Waals surface area contributed by atoms with Crippen LogP contribution in [0.1, 0.15) is 78.7 Å². The number of carbonyl (C=O) groups excluding carboxylic acids is 1. The van der Waals surface area contributed by atoms with E-state index in [-0.39, 0.29) is 36.8 Å². The molecule has 38 heavy (non-hydrogen) atoms. The Morgan fingerprint density at radius 3 is 2.21 bits per heavy atom. The number of nitrogens with zero attached hydrogens (tertiary/aromatic N) is 1. The van der Waals surface area contributed by atoms with Crippen molar-refractivity contribution in [2.75, 3.05) is 18.8 Å². The number of nitrogens with one attached hydrogen (secondary N) is 1. The van der Waals surface area contributed by atoms with Crippen LogP contribution in [0.25, 0.3) is 0 Å². The zero-order valence-corrected chi connectivity index (χ0v) is 24.9. The molecule has 0 bridgehead atoms. The molecule has 1 saturated heterocycles. The number of unbranched alkanes of at least 4 members (excludes halogenated alkanes) is 1. The Labute approximate surface area is 234 Å². The highest BCUT2D eigenvalue weighted by molar-refractivity contribution is 7.89. The lowest BCUT2D eigenvalue weighted by Crippen LogP contribution is -2.44. The smallest absolute Gasteiger partial charge is 0.410 e. The first-order valence-electron chi connectivity index (χ1n) is 13.3. The molecule has 1 aromatic rings. The lowest BCUT2D eigenvalue weighted by molar-refractivity contribution is -0.138.